The molecule has 1 radical (unpaired) electrons. The number of benzene rings is 8. The second kappa shape index (κ2) is 44.7. The van der Waals surface area contributed by atoms with Crippen molar-refractivity contribution in [3.05, 3.63) is 165 Å². The fraction of sp³-hybridized carbons (Fsp3) is 0.367. The Morgan fingerprint density at radius 1 is 0.297 bits per heavy atom. The number of hydrogen-bond donors (Lipinski definition) is 24. The third kappa shape index (κ3) is 25.5. The van der Waals surface area contributed by atoms with Gasteiger partial charge in [-0.15, -0.1) is 0 Å². The quantitative estimate of drug-likeness (QED) is 0.0158. The van der Waals surface area contributed by atoms with Crippen molar-refractivity contribution in [2.24, 2.45) is 0 Å². The minimum absolute atomic E-state index is 0. The van der Waals surface area contributed by atoms with Gasteiger partial charge in [0.2, 0.25) is 63.7 Å². The molecular weight excluding hydrogens is 1920 g/mol. The van der Waals surface area contributed by atoms with Crippen LogP contribution in [0, 0.1) is 49.4 Å². The first kappa shape index (κ1) is 104. The van der Waals surface area contributed by atoms with Crippen molar-refractivity contribution < 1.29 is 217 Å². The summed E-state index contributed by atoms with van der Waals surface area (Å²) in [6, 6.07) is 26.3. The number of aliphatic hydroxyl groups excluding tert-OH is 12. The number of ether oxygens (including phenoxy) is 4. The Hall–Kier alpha value is -9.76. The summed E-state index contributed by atoms with van der Waals surface area (Å²) < 4.78 is 154. The van der Waals surface area contributed by atoms with Gasteiger partial charge in [0, 0.05) is 126 Å². The molecule has 0 atom stereocenters. The molecule has 0 saturated carbocycles. The molecule has 0 unspecified atom stereocenters. The molecule has 8 aromatic rings. The van der Waals surface area contributed by atoms with Gasteiger partial charge < -0.3 is 122 Å². The SMILES string of the molecule is O=C(O)COc1c2cc(S(=O)(=O)NCC(=O)NC(CO)(CO)CO)cc1Cc1cc(S(=O)(=O)NCC(=O)NC(CO)(CO)CO)cc(c1OCC(=O)O)Cc1cc(S(=O)(=O)NCC(=O)NC(CO)(CO)CO)cc(c1OCC(=O)NCc1cc3c4ccccc4ccc3c3ccccc13)Cc1cc(S(=O)(=O)NCC(=O)NC(CO)(CO)CO)cc(c1OCC(=O)O)C2.[Eu]. The number of carbonyl (C=O) groups is 8. The molecule has 695 valence electrons. The van der Waals surface area contributed by atoms with Gasteiger partial charge in [0.15, 0.2) is 26.4 Å². The molecule has 0 heterocycles. The summed E-state index contributed by atoms with van der Waals surface area (Å²) in [5, 5.41) is 168. The number of hydrogen-bond acceptors (Lipinski definition) is 32. The van der Waals surface area contributed by atoms with E-state index in [0.717, 1.165) is 63.3 Å². The zero-order valence-corrected chi connectivity index (χ0v) is 73.2. The number of nitrogens with one attached hydrogen (secondary N) is 9. The van der Waals surface area contributed by atoms with E-state index in [0.29, 0.717) is 23.1 Å². The number of rotatable bonds is 46. The number of amides is 5. The molecule has 8 aromatic carbocycles. The third-order valence-corrected chi connectivity index (χ3v) is 25.8. The number of carbonyl (C=O) groups excluding carboxylic acids is 5. The Kier molecular flexibility index (Phi) is 36.2. The van der Waals surface area contributed by atoms with E-state index in [1.54, 1.807) is 18.2 Å². The van der Waals surface area contributed by atoms with Crippen LogP contribution in [0.1, 0.15) is 50.1 Å². The third-order valence-electron chi connectivity index (χ3n) is 20.3. The monoisotopic (exact) mass is 2010 g/mol. The van der Waals surface area contributed by atoms with Gasteiger partial charge in [-0.2, -0.15) is 0 Å². The van der Waals surface area contributed by atoms with Crippen LogP contribution in [0.2, 0.25) is 0 Å². The van der Waals surface area contributed by atoms with E-state index < -0.39 is 354 Å². The van der Waals surface area contributed by atoms with E-state index in [1.165, 1.54) is 0 Å². The van der Waals surface area contributed by atoms with Crippen molar-refractivity contribution in [3.8, 4) is 23.0 Å². The van der Waals surface area contributed by atoms with Crippen LogP contribution >= 0.6 is 0 Å². The standard InChI is InChI=1S/C79H93N9O35S4.Eu/c89-33-76(34-90,35-91)85-64(101)25-81-124(112,113)55-15-46-11-48-17-56(125(114,115)82-26-65(102)86-77(36-92,37-93)38-94)19-50(73(48)121-30-69(106)107)13-52-21-58(127(118,119)84-28-67(104)88-79(42-98,43-99)44-100)22-53(75(52)123-32-71(110)111)14-51-20-57(126(116,117)83-27-66(103)87-78(39-95,40-96)41-97)18-49(74(51)122-31-70(108)109)12-47(16-55)72(46)120-29-68(105)80-24-54-23-63-59-6-2-1-5-45(59)9-10-62(63)61-8-4-3-7-60(54)61;/h1-10,15-23,81-84,89-100H,11-14,24-44H2,(H,80,105)(H,85,101)(H,86,102)(H,87,103)(H,88,104)(H,106,107)(H,108,109)(H,110,111);. The first-order chi connectivity index (χ1) is 60.1. The van der Waals surface area contributed by atoms with Crippen molar-refractivity contribution in [1.82, 2.24) is 45.5 Å². The molecule has 0 aliphatic heterocycles. The normalized spacial score (nSPS) is 12.8. The summed E-state index contributed by atoms with van der Waals surface area (Å²) in [5.74, 6) is -14.6. The molecule has 9 rings (SSSR count). The first-order valence-electron chi connectivity index (χ1n) is 38.1. The second-order valence-corrected chi connectivity index (χ2v) is 36.6. The largest absolute Gasteiger partial charge is 0.483 e. The van der Waals surface area contributed by atoms with E-state index >= 15 is 33.7 Å². The maximum absolute atomic E-state index is 15.3. The number of carboxylic acids is 3. The zero-order chi connectivity index (χ0) is 93.2. The molecule has 5 amide bonds. The van der Waals surface area contributed by atoms with Crippen LogP contribution in [0.25, 0.3) is 32.3 Å². The zero-order valence-electron chi connectivity index (χ0n) is 67.5. The summed E-state index contributed by atoms with van der Waals surface area (Å²) in [7, 11) is -21.5. The number of sulfonamides is 4. The van der Waals surface area contributed by atoms with Crippen molar-refractivity contribution in [2.75, 3.05) is 132 Å². The molecule has 128 heavy (non-hydrogen) atoms. The Morgan fingerprint density at radius 2 is 0.539 bits per heavy atom. The summed E-state index contributed by atoms with van der Waals surface area (Å²) in [5.41, 5.74) is -13.2. The number of carboxylic acid groups (broad SMARTS) is 3. The predicted molar refractivity (Wildman–Crippen MR) is 442 cm³/mol. The van der Waals surface area contributed by atoms with Crippen LogP contribution in [-0.4, -0.2) is 312 Å². The predicted octanol–water partition coefficient (Wildman–Crippen LogP) is -6.65. The minimum Gasteiger partial charge on any atom is -0.483 e. The topological polar surface area (TPSA) is 722 Å². The van der Waals surface area contributed by atoms with Crippen molar-refractivity contribution >= 4 is 120 Å². The molecular formula is C79H93EuN9O35S4. The van der Waals surface area contributed by atoms with E-state index in [1.807, 2.05) is 67.4 Å². The van der Waals surface area contributed by atoms with Crippen LogP contribution in [0.4, 0.5) is 0 Å². The summed E-state index contributed by atoms with van der Waals surface area (Å²) in [4.78, 5) is 104. The van der Waals surface area contributed by atoms with Gasteiger partial charge in [-0.1, -0.05) is 60.7 Å². The minimum atomic E-state index is -5.39. The Morgan fingerprint density at radius 3 is 0.805 bits per heavy atom. The molecule has 0 fully saturated rings. The van der Waals surface area contributed by atoms with Gasteiger partial charge in [0.25, 0.3) is 5.91 Å². The summed E-state index contributed by atoms with van der Waals surface area (Å²) in [6.07, 6.45) is -4.53. The van der Waals surface area contributed by atoms with E-state index in [2.05, 4.69) is 26.6 Å². The van der Waals surface area contributed by atoms with Crippen LogP contribution in [0.5, 0.6) is 23.0 Å². The van der Waals surface area contributed by atoms with E-state index in [-0.39, 0.29) is 55.9 Å². The van der Waals surface area contributed by atoms with Crippen LogP contribution in [0.15, 0.2) is 135 Å². The van der Waals surface area contributed by atoms with Crippen molar-refractivity contribution in [1.29, 1.82) is 0 Å². The maximum Gasteiger partial charge on any atom is 0.341 e. The molecule has 1 aliphatic rings. The Bertz CT molecular complexity index is 5750. The number of aliphatic carboxylic acids is 3. The smallest absolute Gasteiger partial charge is 0.341 e. The fourth-order valence-electron chi connectivity index (χ4n) is 13.4. The summed E-state index contributed by atoms with van der Waals surface area (Å²) in [6.45, 7) is -24.3. The fourth-order valence-corrected chi connectivity index (χ4v) is 17.7. The van der Waals surface area contributed by atoms with Gasteiger partial charge in [0.05, 0.1) is 125 Å². The Balaban J connectivity index is 0.0000202. The van der Waals surface area contributed by atoms with E-state index in [9.17, 15) is 115 Å². The second-order valence-electron chi connectivity index (χ2n) is 29.6. The van der Waals surface area contributed by atoms with Gasteiger partial charge in [-0.05, 0) is 92.5 Å². The molecule has 24 N–H and O–H groups in total. The van der Waals surface area contributed by atoms with Gasteiger partial charge in [-0.25, -0.2) is 66.9 Å². The van der Waals surface area contributed by atoms with Crippen molar-refractivity contribution in [2.45, 2.75) is 74.0 Å². The summed E-state index contributed by atoms with van der Waals surface area (Å²) >= 11 is 0. The molecule has 49 heteroatoms. The van der Waals surface area contributed by atoms with Crippen molar-refractivity contribution in [3.63, 3.8) is 0 Å². The molecule has 0 spiro atoms. The van der Waals surface area contributed by atoms with E-state index in [4.69, 9.17) is 18.9 Å². The molecule has 8 bridgehead atoms. The molecule has 0 aromatic heterocycles. The van der Waals surface area contributed by atoms with Crippen LogP contribution in [-0.2, 0) is 111 Å². The average molecular weight is 2010 g/mol. The van der Waals surface area contributed by atoms with Gasteiger partial charge >= 0.3 is 17.9 Å². The molecule has 0 saturated heterocycles. The maximum atomic E-state index is 15.3. The molecule has 1 aliphatic carbocycles. The van der Waals surface area contributed by atoms with Gasteiger partial charge in [-0.3, -0.25) is 24.0 Å². The first-order valence-corrected chi connectivity index (χ1v) is 44.0. The average Bonchev–Trinajstić information content (AvgIpc) is 0.755. The number of fused-ring (bicyclic) bond motifs is 13. The van der Waals surface area contributed by atoms with Crippen LogP contribution < -0.4 is 64.4 Å². The number of aliphatic hydroxyl groups is 12. The van der Waals surface area contributed by atoms with Gasteiger partial charge in [0.1, 0.15) is 45.2 Å². The Labute approximate surface area is 770 Å². The molecule has 44 nitrogen and oxygen atoms in total. The van der Waals surface area contributed by atoms with Crippen LogP contribution in [0.3, 0.4) is 0 Å².